The summed E-state index contributed by atoms with van der Waals surface area (Å²) in [6.07, 6.45) is 6.68. The second-order valence-electron chi connectivity index (χ2n) is 5.99. The minimum absolute atomic E-state index is 0.0213. The zero-order valence-corrected chi connectivity index (χ0v) is 12.9. The van der Waals surface area contributed by atoms with Crippen LogP contribution in [0.15, 0.2) is 24.3 Å². The second-order valence-corrected chi connectivity index (χ2v) is 5.99. The number of para-hydroxylation sites is 2. The Balaban J connectivity index is 1.95. The van der Waals surface area contributed by atoms with E-state index in [0.29, 0.717) is 13.0 Å². The van der Waals surface area contributed by atoms with Crippen LogP contribution in [-0.2, 0) is 4.79 Å². The third kappa shape index (κ3) is 4.74. The molecule has 1 fully saturated rings. The third-order valence-corrected chi connectivity index (χ3v) is 3.98. The lowest BCUT2D eigenvalue weighted by Gasteiger charge is -2.32. The first kappa shape index (κ1) is 15.8. The summed E-state index contributed by atoms with van der Waals surface area (Å²) >= 11 is 0. The Morgan fingerprint density at radius 2 is 2.00 bits per heavy atom. The number of amides is 1. The molecule has 0 spiro atoms. The molecule has 0 aliphatic heterocycles. The highest BCUT2D eigenvalue weighted by atomic mass is 16.5. The maximum atomic E-state index is 12.3. The Morgan fingerprint density at radius 1 is 1.29 bits per heavy atom. The van der Waals surface area contributed by atoms with Crippen LogP contribution in [0.25, 0.3) is 0 Å². The molecule has 1 amide bonds. The van der Waals surface area contributed by atoms with Crippen LogP contribution in [0.1, 0.15) is 51.9 Å². The predicted octanol–water partition coefficient (Wildman–Crippen LogP) is 3.47. The average molecular weight is 290 g/mol. The van der Waals surface area contributed by atoms with E-state index in [9.17, 15) is 4.79 Å². The van der Waals surface area contributed by atoms with E-state index in [0.717, 1.165) is 43.5 Å². The van der Waals surface area contributed by atoms with Gasteiger partial charge in [0.05, 0.1) is 12.3 Å². The number of carbonyl (C=O) groups is 1. The smallest absolute Gasteiger partial charge is 0.226 e. The zero-order valence-electron chi connectivity index (χ0n) is 12.9. The van der Waals surface area contributed by atoms with E-state index >= 15 is 0 Å². The molecule has 1 saturated carbocycles. The van der Waals surface area contributed by atoms with Gasteiger partial charge in [0.25, 0.3) is 0 Å². The number of nitrogens with two attached hydrogens (primary N) is 1. The fraction of sp³-hybridized carbons (Fsp3) is 0.588. The molecule has 116 valence electrons. The highest BCUT2D eigenvalue weighted by Gasteiger charge is 2.30. The highest BCUT2D eigenvalue weighted by molar-refractivity contribution is 5.93. The lowest BCUT2D eigenvalue weighted by Crippen LogP contribution is -2.44. The Morgan fingerprint density at radius 3 is 2.71 bits per heavy atom. The number of benzene rings is 1. The normalized spacial score (nSPS) is 17.2. The quantitative estimate of drug-likeness (QED) is 0.843. The molecule has 0 saturated heterocycles. The summed E-state index contributed by atoms with van der Waals surface area (Å²) in [5.74, 6) is 0.703. The summed E-state index contributed by atoms with van der Waals surface area (Å²) in [5, 5.41) is 2.95. The molecule has 1 aromatic carbocycles. The Kier molecular flexibility index (Phi) is 5.62. The lowest BCUT2D eigenvalue weighted by atomic mass is 9.80. The van der Waals surface area contributed by atoms with Gasteiger partial charge in [-0.15, -0.1) is 0 Å². The molecular formula is C17H26N2O2. The topological polar surface area (TPSA) is 64.3 Å². The van der Waals surface area contributed by atoms with E-state index in [-0.39, 0.29) is 11.4 Å². The van der Waals surface area contributed by atoms with Gasteiger partial charge in [-0.3, -0.25) is 4.79 Å². The number of carbonyl (C=O) groups excluding carboxylic acids is 1. The van der Waals surface area contributed by atoms with Crippen molar-refractivity contribution in [2.45, 2.75) is 57.4 Å². The molecule has 21 heavy (non-hydrogen) atoms. The first-order valence-electron chi connectivity index (χ1n) is 7.93. The SMILES string of the molecule is CCCOc1ccccc1NC(=O)CC1(N)CCCCC1. The largest absolute Gasteiger partial charge is 0.491 e. The van der Waals surface area contributed by atoms with Crippen molar-refractivity contribution in [1.82, 2.24) is 0 Å². The summed E-state index contributed by atoms with van der Waals surface area (Å²) < 4.78 is 5.66. The fourth-order valence-electron chi connectivity index (χ4n) is 2.85. The van der Waals surface area contributed by atoms with Crippen LogP contribution in [0.4, 0.5) is 5.69 Å². The Labute approximate surface area is 127 Å². The van der Waals surface area contributed by atoms with Gasteiger partial charge in [-0.1, -0.05) is 38.3 Å². The first-order chi connectivity index (χ1) is 10.1. The molecule has 0 bridgehead atoms. The zero-order chi connectivity index (χ0) is 15.1. The fourth-order valence-corrected chi connectivity index (χ4v) is 2.85. The van der Waals surface area contributed by atoms with Crippen molar-refractivity contribution in [3.8, 4) is 5.75 Å². The molecule has 0 radical (unpaired) electrons. The number of ether oxygens (including phenoxy) is 1. The molecule has 1 aromatic rings. The summed E-state index contributed by atoms with van der Waals surface area (Å²) in [4.78, 5) is 12.3. The van der Waals surface area contributed by atoms with Crippen molar-refractivity contribution in [2.75, 3.05) is 11.9 Å². The van der Waals surface area contributed by atoms with Crippen LogP contribution in [0, 0.1) is 0 Å². The number of hydrogen-bond donors (Lipinski definition) is 2. The van der Waals surface area contributed by atoms with Crippen molar-refractivity contribution in [3.63, 3.8) is 0 Å². The van der Waals surface area contributed by atoms with Gasteiger partial charge >= 0.3 is 0 Å². The van der Waals surface area contributed by atoms with Crippen molar-refractivity contribution < 1.29 is 9.53 Å². The predicted molar refractivity (Wildman–Crippen MR) is 85.5 cm³/mol. The molecule has 2 rings (SSSR count). The van der Waals surface area contributed by atoms with Gasteiger partial charge in [-0.25, -0.2) is 0 Å². The van der Waals surface area contributed by atoms with E-state index in [2.05, 4.69) is 12.2 Å². The maximum absolute atomic E-state index is 12.3. The van der Waals surface area contributed by atoms with E-state index in [4.69, 9.17) is 10.5 Å². The number of nitrogens with one attached hydrogen (secondary N) is 1. The highest BCUT2D eigenvalue weighted by Crippen LogP contribution is 2.30. The number of rotatable bonds is 6. The molecule has 3 N–H and O–H groups in total. The molecule has 0 unspecified atom stereocenters. The van der Waals surface area contributed by atoms with Gasteiger partial charge in [0.15, 0.2) is 0 Å². The van der Waals surface area contributed by atoms with Crippen LogP contribution in [0.3, 0.4) is 0 Å². The molecule has 1 aliphatic carbocycles. The Hall–Kier alpha value is -1.55. The van der Waals surface area contributed by atoms with Crippen LogP contribution < -0.4 is 15.8 Å². The summed E-state index contributed by atoms with van der Waals surface area (Å²) in [6.45, 7) is 2.70. The molecule has 0 heterocycles. The molecular weight excluding hydrogens is 264 g/mol. The summed E-state index contributed by atoms with van der Waals surface area (Å²) in [7, 11) is 0. The number of anilines is 1. The molecule has 4 nitrogen and oxygen atoms in total. The summed E-state index contributed by atoms with van der Waals surface area (Å²) in [5.41, 5.74) is 6.74. The van der Waals surface area contributed by atoms with Crippen molar-refractivity contribution in [1.29, 1.82) is 0 Å². The van der Waals surface area contributed by atoms with Gasteiger partial charge in [0, 0.05) is 12.0 Å². The van der Waals surface area contributed by atoms with Crippen molar-refractivity contribution in [2.24, 2.45) is 5.73 Å². The van der Waals surface area contributed by atoms with Gasteiger partial charge in [-0.05, 0) is 31.4 Å². The first-order valence-corrected chi connectivity index (χ1v) is 7.93. The van der Waals surface area contributed by atoms with Gasteiger partial charge in [0.1, 0.15) is 5.75 Å². The standard InChI is InChI=1S/C17H26N2O2/c1-2-12-21-15-9-5-4-8-14(15)19-16(20)13-17(18)10-6-3-7-11-17/h4-5,8-9H,2-3,6-7,10-13,18H2,1H3,(H,19,20). The average Bonchev–Trinajstić information content (AvgIpc) is 2.46. The molecule has 4 heteroatoms. The van der Waals surface area contributed by atoms with Gasteiger partial charge < -0.3 is 15.8 Å². The van der Waals surface area contributed by atoms with Crippen LogP contribution in [0.2, 0.25) is 0 Å². The minimum Gasteiger partial charge on any atom is -0.491 e. The van der Waals surface area contributed by atoms with Gasteiger partial charge in [0.2, 0.25) is 5.91 Å². The van der Waals surface area contributed by atoms with Crippen LogP contribution in [0.5, 0.6) is 5.75 Å². The second kappa shape index (κ2) is 7.46. The van der Waals surface area contributed by atoms with E-state index < -0.39 is 0 Å². The van der Waals surface area contributed by atoms with Crippen molar-refractivity contribution in [3.05, 3.63) is 24.3 Å². The van der Waals surface area contributed by atoms with Gasteiger partial charge in [-0.2, -0.15) is 0 Å². The maximum Gasteiger partial charge on any atom is 0.226 e. The third-order valence-electron chi connectivity index (χ3n) is 3.98. The monoisotopic (exact) mass is 290 g/mol. The van der Waals surface area contributed by atoms with Crippen molar-refractivity contribution >= 4 is 11.6 Å². The van der Waals surface area contributed by atoms with E-state index in [1.54, 1.807) is 0 Å². The van der Waals surface area contributed by atoms with Crippen LogP contribution >= 0.6 is 0 Å². The lowest BCUT2D eigenvalue weighted by molar-refractivity contribution is -0.117. The molecule has 0 atom stereocenters. The Bertz CT molecular complexity index is 468. The summed E-state index contributed by atoms with van der Waals surface area (Å²) in [6, 6.07) is 7.55. The molecule has 1 aliphatic rings. The van der Waals surface area contributed by atoms with Crippen LogP contribution in [-0.4, -0.2) is 18.1 Å². The molecule has 0 aromatic heterocycles. The number of hydrogen-bond acceptors (Lipinski definition) is 3. The minimum atomic E-state index is -0.332. The van der Waals surface area contributed by atoms with E-state index in [1.807, 2.05) is 24.3 Å². The van der Waals surface area contributed by atoms with E-state index in [1.165, 1.54) is 6.42 Å².